The van der Waals surface area contributed by atoms with Crippen molar-refractivity contribution in [2.24, 2.45) is 17.4 Å². The molecule has 0 saturated heterocycles. The van der Waals surface area contributed by atoms with Gasteiger partial charge in [0.15, 0.2) is 0 Å². The molecule has 0 spiro atoms. The molecule has 0 aromatic heterocycles. The van der Waals surface area contributed by atoms with Crippen LogP contribution in [0.5, 0.6) is 0 Å². The van der Waals surface area contributed by atoms with E-state index < -0.39 is 17.9 Å². The maximum absolute atomic E-state index is 11.9. The molecule has 19 heavy (non-hydrogen) atoms. The monoisotopic (exact) mass is 265 g/mol. The Morgan fingerprint density at radius 3 is 2.42 bits per heavy atom. The molecule has 6 N–H and O–H groups in total. The molecule has 104 valence electrons. The minimum atomic E-state index is -1.24. The van der Waals surface area contributed by atoms with E-state index in [0.29, 0.717) is 6.54 Å². The predicted octanol–water partition coefficient (Wildman–Crippen LogP) is -0.320. The van der Waals surface area contributed by atoms with Gasteiger partial charge in [-0.1, -0.05) is 30.3 Å². The zero-order valence-electron chi connectivity index (χ0n) is 10.6. The predicted molar refractivity (Wildman–Crippen MR) is 71.1 cm³/mol. The van der Waals surface area contributed by atoms with Crippen molar-refractivity contribution in [3.8, 4) is 0 Å². The first-order valence-corrected chi connectivity index (χ1v) is 6.06. The number of carbonyl (C=O) groups excluding carboxylic acids is 1. The van der Waals surface area contributed by atoms with Gasteiger partial charge in [0.05, 0.1) is 5.92 Å². The molecule has 0 heterocycles. The standard InChI is InChI=1S/C13H19N3O3/c14-7-6-10(11(15)13(18)19)12(17)16-8-9-4-2-1-3-5-9/h1-5,10-11H,6-8,14-15H2,(H,16,17)(H,18,19)/t10?,11-/m1/s1. The summed E-state index contributed by atoms with van der Waals surface area (Å²) in [5, 5.41) is 11.5. The number of carbonyl (C=O) groups is 2. The van der Waals surface area contributed by atoms with E-state index in [9.17, 15) is 9.59 Å². The van der Waals surface area contributed by atoms with Crippen molar-refractivity contribution < 1.29 is 14.7 Å². The lowest BCUT2D eigenvalue weighted by Crippen LogP contribution is -2.47. The molecule has 1 unspecified atom stereocenters. The Bertz CT molecular complexity index is 422. The van der Waals surface area contributed by atoms with Crippen LogP contribution in [0, 0.1) is 5.92 Å². The number of hydrogen-bond acceptors (Lipinski definition) is 4. The Hall–Kier alpha value is -1.92. The highest BCUT2D eigenvalue weighted by Crippen LogP contribution is 2.08. The molecule has 0 saturated carbocycles. The van der Waals surface area contributed by atoms with Crippen molar-refractivity contribution in [3.63, 3.8) is 0 Å². The van der Waals surface area contributed by atoms with Crippen LogP contribution in [0.15, 0.2) is 30.3 Å². The molecule has 6 nitrogen and oxygen atoms in total. The van der Waals surface area contributed by atoms with Gasteiger partial charge in [-0.2, -0.15) is 0 Å². The Balaban J connectivity index is 2.60. The number of carboxylic acids is 1. The zero-order chi connectivity index (χ0) is 14.3. The third-order valence-electron chi connectivity index (χ3n) is 2.84. The molecule has 1 amide bonds. The summed E-state index contributed by atoms with van der Waals surface area (Å²) in [6, 6.07) is 8.11. The molecule has 0 aliphatic heterocycles. The Morgan fingerprint density at radius 2 is 1.89 bits per heavy atom. The Labute approximate surface area is 111 Å². The summed E-state index contributed by atoms with van der Waals surface area (Å²) in [6.45, 7) is 0.553. The normalized spacial score (nSPS) is 13.6. The van der Waals surface area contributed by atoms with E-state index in [0.717, 1.165) is 5.56 Å². The van der Waals surface area contributed by atoms with Gasteiger partial charge in [0.25, 0.3) is 0 Å². The molecule has 0 aliphatic carbocycles. The zero-order valence-corrected chi connectivity index (χ0v) is 10.6. The molecule has 6 heteroatoms. The second-order valence-corrected chi connectivity index (χ2v) is 4.25. The lowest BCUT2D eigenvalue weighted by molar-refractivity contribution is -0.143. The maximum atomic E-state index is 11.9. The summed E-state index contributed by atoms with van der Waals surface area (Å²) in [5.41, 5.74) is 11.8. The highest BCUT2D eigenvalue weighted by Gasteiger charge is 2.29. The second kappa shape index (κ2) is 7.50. The molecule has 2 atom stereocenters. The molecule has 0 aliphatic rings. The first kappa shape index (κ1) is 15.1. The van der Waals surface area contributed by atoms with Gasteiger partial charge in [-0.15, -0.1) is 0 Å². The van der Waals surface area contributed by atoms with Crippen molar-refractivity contribution in [2.75, 3.05) is 6.54 Å². The number of nitrogens with two attached hydrogens (primary N) is 2. The number of aliphatic carboxylic acids is 1. The molecule has 1 aromatic carbocycles. The lowest BCUT2D eigenvalue weighted by Gasteiger charge is -2.19. The van der Waals surface area contributed by atoms with Crippen LogP contribution in [0.4, 0.5) is 0 Å². The first-order chi connectivity index (χ1) is 9.06. The molecular weight excluding hydrogens is 246 g/mol. The second-order valence-electron chi connectivity index (χ2n) is 4.25. The van der Waals surface area contributed by atoms with Crippen molar-refractivity contribution in [2.45, 2.75) is 19.0 Å². The topological polar surface area (TPSA) is 118 Å². The fourth-order valence-electron chi connectivity index (χ4n) is 1.74. The van der Waals surface area contributed by atoms with E-state index in [-0.39, 0.29) is 18.9 Å². The fraction of sp³-hybridized carbons (Fsp3) is 0.385. The minimum absolute atomic E-state index is 0.213. The van der Waals surface area contributed by atoms with E-state index in [1.165, 1.54) is 0 Å². The largest absolute Gasteiger partial charge is 0.480 e. The smallest absolute Gasteiger partial charge is 0.321 e. The van der Waals surface area contributed by atoms with E-state index in [1.54, 1.807) is 0 Å². The quantitative estimate of drug-likeness (QED) is 0.539. The number of carboxylic acid groups (broad SMARTS) is 1. The molecule has 0 radical (unpaired) electrons. The van der Waals surface area contributed by atoms with Gasteiger partial charge >= 0.3 is 5.97 Å². The molecule has 1 rings (SSSR count). The summed E-state index contributed by atoms with van der Waals surface area (Å²) in [7, 11) is 0. The summed E-state index contributed by atoms with van der Waals surface area (Å²) >= 11 is 0. The fourth-order valence-corrected chi connectivity index (χ4v) is 1.74. The van der Waals surface area contributed by atoms with Crippen molar-refractivity contribution >= 4 is 11.9 Å². The van der Waals surface area contributed by atoms with Crippen LogP contribution in [0.1, 0.15) is 12.0 Å². The SMILES string of the molecule is NCCC(C(=O)NCc1ccccc1)[C@@H](N)C(=O)O. The van der Waals surface area contributed by atoms with Crippen molar-refractivity contribution in [1.82, 2.24) is 5.32 Å². The van der Waals surface area contributed by atoms with Gasteiger partial charge in [-0.3, -0.25) is 9.59 Å². The maximum Gasteiger partial charge on any atom is 0.321 e. The molecule has 0 bridgehead atoms. The summed E-state index contributed by atoms with van der Waals surface area (Å²) < 4.78 is 0. The van der Waals surface area contributed by atoms with Gasteiger partial charge in [-0.25, -0.2) is 0 Å². The average Bonchev–Trinajstić information content (AvgIpc) is 2.42. The highest BCUT2D eigenvalue weighted by molar-refractivity contribution is 5.86. The van der Waals surface area contributed by atoms with Gasteiger partial charge in [0.2, 0.25) is 5.91 Å². The van der Waals surface area contributed by atoms with Crippen LogP contribution in [-0.2, 0) is 16.1 Å². The van der Waals surface area contributed by atoms with Crippen LogP contribution in [-0.4, -0.2) is 29.6 Å². The van der Waals surface area contributed by atoms with Crippen LogP contribution in [0.3, 0.4) is 0 Å². The molecule has 1 aromatic rings. The average molecular weight is 265 g/mol. The highest BCUT2D eigenvalue weighted by atomic mass is 16.4. The summed E-state index contributed by atoms with van der Waals surface area (Å²) in [6.07, 6.45) is 0.244. The number of amides is 1. The van der Waals surface area contributed by atoms with Crippen LogP contribution >= 0.6 is 0 Å². The van der Waals surface area contributed by atoms with Crippen molar-refractivity contribution in [3.05, 3.63) is 35.9 Å². The van der Waals surface area contributed by atoms with Crippen LogP contribution in [0.2, 0.25) is 0 Å². The number of nitrogens with one attached hydrogen (secondary N) is 1. The molecular formula is C13H19N3O3. The number of rotatable bonds is 7. The van der Waals surface area contributed by atoms with Gasteiger partial charge in [-0.05, 0) is 18.5 Å². The Morgan fingerprint density at radius 1 is 1.26 bits per heavy atom. The van der Waals surface area contributed by atoms with Crippen LogP contribution < -0.4 is 16.8 Å². The molecule has 0 fully saturated rings. The summed E-state index contributed by atoms with van der Waals surface area (Å²) in [5.74, 6) is -2.40. The van der Waals surface area contributed by atoms with E-state index in [1.807, 2.05) is 30.3 Å². The van der Waals surface area contributed by atoms with Gasteiger partial charge in [0.1, 0.15) is 6.04 Å². The van der Waals surface area contributed by atoms with E-state index in [4.69, 9.17) is 16.6 Å². The van der Waals surface area contributed by atoms with E-state index in [2.05, 4.69) is 5.32 Å². The number of benzene rings is 1. The summed E-state index contributed by atoms with van der Waals surface area (Å²) in [4.78, 5) is 22.8. The lowest BCUT2D eigenvalue weighted by atomic mass is 9.95. The van der Waals surface area contributed by atoms with Gasteiger partial charge in [0, 0.05) is 6.54 Å². The van der Waals surface area contributed by atoms with Crippen LogP contribution in [0.25, 0.3) is 0 Å². The third kappa shape index (κ3) is 4.69. The van der Waals surface area contributed by atoms with Crippen molar-refractivity contribution in [1.29, 1.82) is 0 Å². The third-order valence-corrected chi connectivity index (χ3v) is 2.84. The van der Waals surface area contributed by atoms with E-state index >= 15 is 0 Å². The Kier molecular flexibility index (Phi) is 5.98. The first-order valence-electron chi connectivity index (χ1n) is 6.06. The van der Waals surface area contributed by atoms with Gasteiger partial charge < -0.3 is 21.9 Å². The minimum Gasteiger partial charge on any atom is -0.480 e. The number of hydrogen-bond donors (Lipinski definition) is 4.